The molecule has 1 heterocycles. The molecule has 0 radical (unpaired) electrons. The van der Waals surface area contributed by atoms with Crippen LogP contribution in [0.4, 0.5) is 5.82 Å². The summed E-state index contributed by atoms with van der Waals surface area (Å²) in [4.78, 5) is 0. The third-order valence-electron chi connectivity index (χ3n) is 2.08. The molecule has 0 atom stereocenters. The van der Waals surface area contributed by atoms with E-state index in [1.54, 1.807) is 18.3 Å². The van der Waals surface area contributed by atoms with E-state index in [0.29, 0.717) is 15.9 Å². The SMILES string of the molecule is NNc1nncc(-c2ccc(Cl)cc2)c1Cl. The van der Waals surface area contributed by atoms with Gasteiger partial charge in [-0.1, -0.05) is 35.3 Å². The fourth-order valence-electron chi connectivity index (χ4n) is 1.30. The third kappa shape index (κ3) is 2.09. The Morgan fingerprint density at radius 3 is 2.44 bits per heavy atom. The molecule has 0 saturated heterocycles. The highest BCUT2D eigenvalue weighted by molar-refractivity contribution is 6.35. The maximum absolute atomic E-state index is 6.11. The van der Waals surface area contributed by atoms with Crippen LogP contribution < -0.4 is 11.3 Å². The van der Waals surface area contributed by atoms with Gasteiger partial charge in [0.25, 0.3) is 0 Å². The maximum atomic E-state index is 6.11. The summed E-state index contributed by atoms with van der Waals surface area (Å²) in [7, 11) is 0. The van der Waals surface area contributed by atoms with Gasteiger partial charge in [-0.25, -0.2) is 5.84 Å². The molecule has 2 rings (SSSR count). The maximum Gasteiger partial charge on any atom is 0.182 e. The summed E-state index contributed by atoms with van der Waals surface area (Å²) < 4.78 is 0. The highest BCUT2D eigenvalue weighted by Crippen LogP contribution is 2.31. The molecule has 0 saturated carbocycles. The summed E-state index contributed by atoms with van der Waals surface area (Å²) in [6.07, 6.45) is 1.58. The molecule has 2 aromatic rings. The Morgan fingerprint density at radius 1 is 1.12 bits per heavy atom. The molecule has 4 nitrogen and oxygen atoms in total. The normalized spacial score (nSPS) is 10.2. The number of halogens is 2. The van der Waals surface area contributed by atoms with Gasteiger partial charge >= 0.3 is 0 Å². The average molecular weight is 255 g/mol. The number of anilines is 1. The molecule has 6 heteroatoms. The number of nitrogen functional groups attached to an aromatic ring is 1. The first-order chi connectivity index (χ1) is 7.72. The number of rotatable bonds is 2. The van der Waals surface area contributed by atoms with Crippen LogP contribution in [0.3, 0.4) is 0 Å². The molecule has 3 N–H and O–H groups in total. The van der Waals surface area contributed by atoms with E-state index in [4.69, 9.17) is 29.0 Å². The molecule has 16 heavy (non-hydrogen) atoms. The van der Waals surface area contributed by atoms with Crippen molar-refractivity contribution < 1.29 is 0 Å². The smallest absolute Gasteiger partial charge is 0.182 e. The molecular weight excluding hydrogens is 247 g/mol. The second kappa shape index (κ2) is 4.65. The van der Waals surface area contributed by atoms with Crippen molar-refractivity contribution in [1.82, 2.24) is 10.2 Å². The summed E-state index contributed by atoms with van der Waals surface area (Å²) in [5.74, 6) is 5.61. The molecule has 0 spiro atoms. The van der Waals surface area contributed by atoms with Gasteiger partial charge in [0.2, 0.25) is 0 Å². The zero-order chi connectivity index (χ0) is 11.5. The molecule has 0 aliphatic heterocycles. The minimum absolute atomic E-state index is 0.342. The van der Waals surface area contributed by atoms with E-state index in [2.05, 4.69) is 15.6 Å². The van der Waals surface area contributed by atoms with Crippen LogP contribution in [0.5, 0.6) is 0 Å². The van der Waals surface area contributed by atoms with Crippen LogP contribution in [-0.4, -0.2) is 10.2 Å². The Kier molecular flexibility index (Phi) is 3.24. The number of hydrazine groups is 1. The van der Waals surface area contributed by atoms with Crippen molar-refractivity contribution >= 4 is 29.0 Å². The Balaban J connectivity index is 2.51. The highest BCUT2D eigenvalue weighted by atomic mass is 35.5. The number of nitrogens with one attached hydrogen (secondary N) is 1. The first kappa shape index (κ1) is 11.1. The van der Waals surface area contributed by atoms with E-state index in [1.165, 1.54) is 0 Å². The molecule has 0 amide bonds. The molecule has 0 bridgehead atoms. The highest BCUT2D eigenvalue weighted by Gasteiger charge is 2.09. The summed E-state index contributed by atoms with van der Waals surface area (Å²) in [5, 5.41) is 8.66. The number of nitrogens with zero attached hydrogens (tertiary/aromatic N) is 2. The summed E-state index contributed by atoms with van der Waals surface area (Å²) in [5.41, 5.74) is 4.04. The fraction of sp³-hybridized carbons (Fsp3) is 0. The molecule has 1 aromatic heterocycles. The van der Waals surface area contributed by atoms with Crippen molar-refractivity contribution in [2.45, 2.75) is 0 Å². The number of benzene rings is 1. The van der Waals surface area contributed by atoms with Crippen LogP contribution in [0.1, 0.15) is 0 Å². The second-order valence-electron chi connectivity index (χ2n) is 3.07. The fourth-order valence-corrected chi connectivity index (χ4v) is 1.67. The van der Waals surface area contributed by atoms with E-state index >= 15 is 0 Å². The van der Waals surface area contributed by atoms with E-state index in [0.717, 1.165) is 11.1 Å². The van der Waals surface area contributed by atoms with Crippen molar-refractivity contribution in [1.29, 1.82) is 0 Å². The van der Waals surface area contributed by atoms with Gasteiger partial charge in [0.1, 0.15) is 0 Å². The van der Waals surface area contributed by atoms with E-state index in [1.807, 2.05) is 12.1 Å². The molecular formula is C10H8Cl2N4. The summed E-state index contributed by atoms with van der Waals surface area (Å²) in [6, 6.07) is 7.27. The summed E-state index contributed by atoms with van der Waals surface area (Å²) >= 11 is 11.9. The van der Waals surface area contributed by atoms with Crippen molar-refractivity contribution in [3.05, 3.63) is 40.5 Å². The van der Waals surface area contributed by atoms with Gasteiger partial charge in [0.05, 0.1) is 11.2 Å². The lowest BCUT2D eigenvalue weighted by atomic mass is 10.1. The Morgan fingerprint density at radius 2 is 1.81 bits per heavy atom. The minimum atomic E-state index is 0.342. The lowest BCUT2D eigenvalue weighted by Crippen LogP contribution is -2.10. The summed E-state index contributed by atoms with van der Waals surface area (Å²) in [6.45, 7) is 0. The molecule has 0 unspecified atom stereocenters. The molecule has 0 aliphatic rings. The van der Waals surface area contributed by atoms with Gasteiger partial charge in [-0.3, -0.25) is 0 Å². The zero-order valence-corrected chi connectivity index (χ0v) is 9.63. The number of hydrogen-bond donors (Lipinski definition) is 2. The van der Waals surface area contributed by atoms with Crippen molar-refractivity contribution in [2.24, 2.45) is 5.84 Å². The quantitative estimate of drug-likeness (QED) is 0.639. The van der Waals surface area contributed by atoms with Crippen LogP contribution in [0.25, 0.3) is 11.1 Å². The Hall–Kier alpha value is -1.36. The van der Waals surface area contributed by atoms with Gasteiger partial charge in [-0.05, 0) is 17.7 Å². The van der Waals surface area contributed by atoms with Crippen LogP contribution in [-0.2, 0) is 0 Å². The van der Waals surface area contributed by atoms with Crippen molar-refractivity contribution in [3.63, 3.8) is 0 Å². The van der Waals surface area contributed by atoms with Crippen molar-refractivity contribution in [2.75, 3.05) is 5.43 Å². The molecule has 0 aliphatic carbocycles. The number of aromatic nitrogens is 2. The Bertz CT molecular complexity index is 499. The topological polar surface area (TPSA) is 63.8 Å². The van der Waals surface area contributed by atoms with Gasteiger partial charge in [0, 0.05) is 10.6 Å². The standard InChI is InChI=1S/C10H8Cl2N4/c11-7-3-1-6(2-4-7)8-5-14-16-10(15-13)9(8)12/h1-5H,13H2,(H,15,16). The monoisotopic (exact) mass is 254 g/mol. The van der Waals surface area contributed by atoms with E-state index in [-0.39, 0.29) is 0 Å². The van der Waals surface area contributed by atoms with Crippen LogP contribution in [0.15, 0.2) is 30.5 Å². The van der Waals surface area contributed by atoms with E-state index in [9.17, 15) is 0 Å². The van der Waals surface area contributed by atoms with Crippen molar-refractivity contribution in [3.8, 4) is 11.1 Å². The second-order valence-corrected chi connectivity index (χ2v) is 3.89. The van der Waals surface area contributed by atoms with Gasteiger partial charge < -0.3 is 5.43 Å². The first-order valence-corrected chi connectivity index (χ1v) is 5.21. The first-order valence-electron chi connectivity index (χ1n) is 4.46. The van der Waals surface area contributed by atoms with Gasteiger partial charge in [-0.15, -0.1) is 5.10 Å². The van der Waals surface area contributed by atoms with Crippen LogP contribution in [0, 0.1) is 0 Å². The lowest BCUT2D eigenvalue weighted by molar-refractivity contribution is 1.02. The number of hydrogen-bond acceptors (Lipinski definition) is 4. The number of nitrogens with two attached hydrogens (primary N) is 1. The largest absolute Gasteiger partial charge is 0.306 e. The molecule has 0 fully saturated rings. The Labute approximate surface area is 102 Å². The predicted molar refractivity (Wildman–Crippen MR) is 65.3 cm³/mol. The van der Waals surface area contributed by atoms with Gasteiger partial charge in [-0.2, -0.15) is 5.10 Å². The van der Waals surface area contributed by atoms with Gasteiger partial charge in [0.15, 0.2) is 5.82 Å². The minimum Gasteiger partial charge on any atom is -0.306 e. The zero-order valence-electron chi connectivity index (χ0n) is 8.11. The molecule has 1 aromatic carbocycles. The third-order valence-corrected chi connectivity index (χ3v) is 2.72. The lowest BCUT2D eigenvalue weighted by Gasteiger charge is -2.06. The molecule has 82 valence electrons. The predicted octanol–water partition coefficient (Wildman–Crippen LogP) is 2.74. The van der Waals surface area contributed by atoms with Crippen LogP contribution in [0.2, 0.25) is 10.0 Å². The van der Waals surface area contributed by atoms with Crippen LogP contribution >= 0.6 is 23.2 Å². The van der Waals surface area contributed by atoms with E-state index < -0.39 is 0 Å². The average Bonchev–Trinajstić information content (AvgIpc) is 2.31.